The molecule has 0 bridgehead atoms. The van der Waals surface area contributed by atoms with Gasteiger partial charge in [0.1, 0.15) is 5.75 Å². The predicted molar refractivity (Wildman–Crippen MR) is 88.0 cm³/mol. The Morgan fingerprint density at radius 1 is 1.39 bits per heavy atom. The summed E-state index contributed by atoms with van der Waals surface area (Å²) in [7, 11) is 1.59. The molecule has 0 saturated carbocycles. The highest BCUT2D eigenvalue weighted by Crippen LogP contribution is 2.19. The van der Waals surface area contributed by atoms with E-state index in [9.17, 15) is 4.79 Å². The van der Waals surface area contributed by atoms with Gasteiger partial charge in [-0.1, -0.05) is 17.7 Å². The van der Waals surface area contributed by atoms with Crippen molar-refractivity contribution >= 4 is 23.5 Å². The summed E-state index contributed by atoms with van der Waals surface area (Å²) in [6.45, 7) is 1.31. The first-order valence-corrected chi connectivity index (χ1v) is 7.71. The highest BCUT2D eigenvalue weighted by Gasteiger charge is 2.27. The van der Waals surface area contributed by atoms with E-state index in [2.05, 4.69) is 15.3 Å². The fourth-order valence-electron chi connectivity index (χ4n) is 2.57. The summed E-state index contributed by atoms with van der Waals surface area (Å²) >= 11 is 5.77. The summed E-state index contributed by atoms with van der Waals surface area (Å²) in [5.74, 6) is 1.21. The minimum atomic E-state index is 0.00484. The molecule has 1 aromatic carbocycles. The molecule has 6 nitrogen and oxygen atoms in total. The van der Waals surface area contributed by atoms with E-state index < -0.39 is 0 Å². The summed E-state index contributed by atoms with van der Waals surface area (Å²) in [6, 6.07) is 7.33. The zero-order valence-corrected chi connectivity index (χ0v) is 13.5. The van der Waals surface area contributed by atoms with E-state index >= 15 is 0 Å². The Kier molecular flexibility index (Phi) is 4.62. The molecule has 1 fully saturated rings. The minimum absolute atomic E-state index is 0.00484. The summed E-state index contributed by atoms with van der Waals surface area (Å²) < 4.78 is 5.17. The van der Waals surface area contributed by atoms with Gasteiger partial charge in [-0.15, -0.1) is 0 Å². The molecule has 120 valence electrons. The Bertz CT molecular complexity index is 693. The lowest BCUT2D eigenvalue weighted by Crippen LogP contribution is -2.31. The lowest BCUT2D eigenvalue weighted by atomic mass is 10.2. The SMILES string of the molecule is COc1cccc(C(=O)N2CCC(Nc3ncc(Cl)cn3)C2)c1. The molecule has 0 radical (unpaired) electrons. The van der Waals surface area contributed by atoms with Crippen molar-refractivity contribution < 1.29 is 9.53 Å². The van der Waals surface area contributed by atoms with Gasteiger partial charge in [-0.05, 0) is 24.6 Å². The van der Waals surface area contributed by atoms with Gasteiger partial charge in [0.2, 0.25) is 5.95 Å². The molecule has 3 rings (SSSR count). The number of anilines is 1. The monoisotopic (exact) mass is 332 g/mol. The van der Waals surface area contributed by atoms with E-state index in [1.54, 1.807) is 31.6 Å². The van der Waals surface area contributed by atoms with Crippen molar-refractivity contribution in [1.82, 2.24) is 14.9 Å². The quantitative estimate of drug-likeness (QED) is 0.931. The second-order valence-corrected chi connectivity index (χ2v) is 5.77. The van der Waals surface area contributed by atoms with Gasteiger partial charge in [-0.2, -0.15) is 0 Å². The minimum Gasteiger partial charge on any atom is -0.497 e. The normalized spacial score (nSPS) is 17.1. The maximum absolute atomic E-state index is 12.6. The first kappa shape index (κ1) is 15.6. The highest BCUT2D eigenvalue weighted by atomic mass is 35.5. The van der Waals surface area contributed by atoms with E-state index in [4.69, 9.17) is 16.3 Å². The van der Waals surface area contributed by atoms with Crippen LogP contribution in [0.3, 0.4) is 0 Å². The number of hydrogen-bond donors (Lipinski definition) is 1. The molecule has 2 heterocycles. The third-order valence-electron chi connectivity index (χ3n) is 3.75. The zero-order valence-electron chi connectivity index (χ0n) is 12.7. The Balaban J connectivity index is 1.62. The molecule has 23 heavy (non-hydrogen) atoms. The van der Waals surface area contributed by atoms with Crippen LogP contribution in [-0.4, -0.2) is 47.0 Å². The molecule has 2 aromatic rings. The van der Waals surface area contributed by atoms with E-state index in [0.29, 0.717) is 35.4 Å². The second-order valence-electron chi connectivity index (χ2n) is 5.34. The van der Waals surface area contributed by atoms with Crippen LogP contribution in [0.15, 0.2) is 36.7 Å². The second kappa shape index (κ2) is 6.83. The number of nitrogens with one attached hydrogen (secondary N) is 1. The molecule has 1 atom stereocenters. The number of nitrogens with zero attached hydrogens (tertiary/aromatic N) is 3. The Hall–Kier alpha value is -2.34. The van der Waals surface area contributed by atoms with Gasteiger partial charge in [0.25, 0.3) is 5.91 Å². The smallest absolute Gasteiger partial charge is 0.254 e. The first-order valence-electron chi connectivity index (χ1n) is 7.33. The van der Waals surface area contributed by atoms with Crippen LogP contribution >= 0.6 is 11.6 Å². The van der Waals surface area contributed by atoms with Crippen molar-refractivity contribution in [2.45, 2.75) is 12.5 Å². The third kappa shape index (κ3) is 3.71. The number of methoxy groups -OCH3 is 1. The maximum Gasteiger partial charge on any atom is 0.254 e. The van der Waals surface area contributed by atoms with Crippen LogP contribution in [0.25, 0.3) is 0 Å². The van der Waals surface area contributed by atoms with Crippen LogP contribution in [0, 0.1) is 0 Å². The fourth-order valence-corrected chi connectivity index (χ4v) is 2.67. The lowest BCUT2D eigenvalue weighted by Gasteiger charge is -2.17. The van der Waals surface area contributed by atoms with Gasteiger partial charge in [0.15, 0.2) is 0 Å². The maximum atomic E-state index is 12.6. The topological polar surface area (TPSA) is 67.3 Å². The van der Waals surface area contributed by atoms with Crippen molar-refractivity contribution in [3.8, 4) is 5.75 Å². The molecule has 1 unspecified atom stereocenters. The molecule has 1 aliphatic heterocycles. The molecule has 0 aliphatic carbocycles. The summed E-state index contributed by atoms with van der Waals surface area (Å²) in [5, 5.41) is 3.72. The van der Waals surface area contributed by atoms with Crippen LogP contribution in [0.4, 0.5) is 5.95 Å². The average Bonchev–Trinajstić information content (AvgIpc) is 3.05. The van der Waals surface area contributed by atoms with Crippen LogP contribution in [0.2, 0.25) is 5.02 Å². The van der Waals surface area contributed by atoms with E-state index in [1.807, 2.05) is 17.0 Å². The number of carbonyl (C=O) groups excluding carboxylic acids is 1. The number of ether oxygens (including phenoxy) is 1. The van der Waals surface area contributed by atoms with Gasteiger partial charge in [-0.3, -0.25) is 4.79 Å². The summed E-state index contributed by atoms with van der Waals surface area (Å²) in [6.07, 6.45) is 3.94. The number of carbonyl (C=O) groups is 1. The van der Waals surface area contributed by atoms with Crippen molar-refractivity contribution in [2.75, 3.05) is 25.5 Å². The van der Waals surface area contributed by atoms with E-state index in [-0.39, 0.29) is 11.9 Å². The van der Waals surface area contributed by atoms with Crippen LogP contribution in [0.1, 0.15) is 16.8 Å². The Morgan fingerprint density at radius 2 is 2.17 bits per heavy atom. The van der Waals surface area contributed by atoms with E-state index in [1.165, 1.54) is 0 Å². The fraction of sp³-hybridized carbons (Fsp3) is 0.312. The van der Waals surface area contributed by atoms with Crippen LogP contribution in [0.5, 0.6) is 5.75 Å². The number of aromatic nitrogens is 2. The number of benzene rings is 1. The summed E-state index contributed by atoms with van der Waals surface area (Å²) in [5.41, 5.74) is 0.632. The molecule has 1 amide bonds. The molecule has 0 spiro atoms. The molecular weight excluding hydrogens is 316 g/mol. The van der Waals surface area contributed by atoms with Crippen molar-refractivity contribution in [3.05, 3.63) is 47.2 Å². The van der Waals surface area contributed by atoms with Crippen molar-refractivity contribution in [2.24, 2.45) is 0 Å². The molecule has 1 aliphatic rings. The zero-order chi connectivity index (χ0) is 16.2. The molecule has 1 aromatic heterocycles. The first-order chi connectivity index (χ1) is 11.2. The number of amides is 1. The van der Waals surface area contributed by atoms with Gasteiger partial charge in [0.05, 0.1) is 24.5 Å². The number of halogens is 1. The van der Waals surface area contributed by atoms with Crippen LogP contribution in [-0.2, 0) is 0 Å². The van der Waals surface area contributed by atoms with Gasteiger partial charge in [0, 0.05) is 24.7 Å². The molecule has 1 saturated heterocycles. The standard InChI is InChI=1S/C16H17ClN4O2/c1-23-14-4-2-3-11(7-14)15(22)21-6-5-13(10-21)20-16-18-8-12(17)9-19-16/h2-4,7-9,13H,5-6,10H2,1H3,(H,18,19,20). The van der Waals surface area contributed by atoms with Gasteiger partial charge >= 0.3 is 0 Å². The number of rotatable bonds is 4. The van der Waals surface area contributed by atoms with E-state index in [0.717, 1.165) is 6.42 Å². The highest BCUT2D eigenvalue weighted by molar-refractivity contribution is 6.30. The van der Waals surface area contributed by atoms with Gasteiger partial charge in [-0.25, -0.2) is 9.97 Å². The largest absolute Gasteiger partial charge is 0.497 e. The molecule has 7 heteroatoms. The Labute approximate surface area is 139 Å². The number of likely N-dealkylation sites (tertiary alicyclic amines) is 1. The molecular formula is C16H17ClN4O2. The third-order valence-corrected chi connectivity index (χ3v) is 3.94. The van der Waals surface area contributed by atoms with Crippen molar-refractivity contribution in [1.29, 1.82) is 0 Å². The predicted octanol–water partition coefficient (Wildman–Crippen LogP) is 2.47. The van der Waals surface area contributed by atoms with Crippen LogP contribution < -0.4 is 10.1 Å². The molecule has 1 N–H and O–H groups in total. The number of hydrogen-bond acceptors (Lipinski definition) is 5. The lowest BCUT2D eigenvalue weighted by molar-refractivity contribution is 0.0791. The van der Waals surface area contributed by atoms with Gasteiger partial charge < -0.3 is 15.0 Å². The van der Waals surface area contributed by atoms with Crippen molar-refractivity contribution in [3.63, 3.8) is 0 Å². The Morgan fingerprint density at radius 3 is 2.91 bits per heavy atom. The summed E-state index contributed by atoms with van der Waals surface area (Å²) in [4.78, 5) is 22.6. The average molecular weight is 333 g/mol.